The van der Waals surface area contributed by atoms with Crippen LogP contribution in [-0.4, -0.2) is 32.3 Å². The van der Waals surface area contributed by atoms with Gasteiger partial charge in [0.1, 0.15) is 11.6 Å². The van der Waals surface area contributed by atoms with Gasteiger partial charge >= 0.3 is 0 Å². The van der Waals surface area contributed by atoms with Crippen molar-refractivity contribution >= 4 is 0 Å². The third kappa shape index (κ3) is 4.14. The number of pyridine rings is 1. The molecule has 1 saturated heterocycles. The summed E-state index contributed by atoms with van der Waals surface area (Å²) in [6.45, 7) is 1.70. The summed E-state index contributed by atoms with van der Waals surface area (Å²) in [6, 6.07) is 10.6. The summed E-state index contributed by atoms with van der Waals surface area (Å²) in [6.07, 6.45) is 5.27. The number of halogens is 2. The smallest absolute Gasteiger partial charge is 0.266 e. The molecule has 1 aliphatic rings. The first kappa shape index (κ1) is 18.4. The molecule has 4 rings (SSSR count). The van der Waals surface area contributed by atoms with Crippen LogP contribution in [0.25, 0.3) is 11.3 Å². The Morgan fingerprint density at radius 3 is 2.68 bits per heavy atom. The zero-order valence-electron chi connectivity index (χ0n) is 15.3. The Kier molecular flexibility index (Phi) is 5.25. The third-order valence-electron chi connectivity index (χ3n) is 5.01. The zero-order valence-corrected chi connectivity index (χ0v) is 15.3. The van der Waals surface area contributed by atoms with Gasteiger partial charge in [0.15, 0.2) is 0 Å². The minimum Gasteiger partial charge on any atom is -0.294 e. The van der Waals surface area contributed by atoms with Crippen LogP contribution in [0, 0.1) is 11.6 Å². The van der Waals surface area contributed by atoms with E-state index < -0.39 is 11.6 Å². The number of aromatic nitrogens is 3. The average molecular weight is 382 g/mol. The highest BCUT2D eigenvalue weighted by Gasteiger charge is 2.26. The van der Waals surface area contributed by atoms with E-state index in [4.69, 9.17) is 0 Å². The van der Waals surface area contributed by atoms with Crippen molar-refractivity contribution in [1.82, 2.24) is 19.7 Å². The number of rotatable bonds is 5. The lowest BCUT2D eigenvalue weighted by Gasteiger charge is -2.25. The van der Waals surface area contributed by atoms with Gasteiger partial charge in [-0.15, -0.1) is 0 Å². The number of likely N-dealkylation sites (tertiary alicyclic amines) is 1. The van der Waals surface area contributed by atoms with Crippen LogP contribution < -0.4 is 5.56 Å². The number of hydrogen-bond acceptors (Lipinski definition) is 4. The molecule has 7 heteroatoms. The maximum Gasteiger partial charge on any atom is 0.266 e. The molecule has 1 aromatic carbocycles. The summed E-state index contributed by atoms with van der Waals surface area (Å²) in [7, 11) is 0. The van der Waals surface area contributed by atoms with E-state index in [0.29, 0.717) is 24.3 Å². The molecule has 1 atom stereocenters. The van der Waals surface area contributed by atoms with Gasteiger partial charge in [0.25, 0.3) is 5.56 Å². The van der Waals surface area contributed by atoms with Crippen LogP contribution >= 0.6 is 0 Å². The second-order valence-corrected chi connectivity index (χ2v) is 7.02. The Morgan fingerprint density at radius 2 is 1.93 bits per heavy atom. The summed E-state index contributed by atoms with van der Waals surface area (Å²) in [5.41, 5.74) is 1.95. The Hall–Kier alpha value is -2.93. The molecule has 28 heavy (non-hydrogen) atoms. The molecule has 0 radical (unpaired) electrons. The first-order valence-electron chi connectivity index (χ1n) is 9.26. The highest BCUT2D eigenvalue weighted by Crippen LogP contribution is 2.22. The molecule has 0 amide bonds. The molecular formula is C21H20F2N4O. The van der Waals surface area contributed by atoms with Gasteiger partial charge in [0, 0.05) is 42.7 Å². The summed E-state index contributed by atoms with van der Waals surface area (Å²) in [5.74, 6) is -1.15. The Balaban J connectivity index is 1.54. The van der Waals surface area contributed by atoms with Crippen LogP contribution in [-0.2, 0) is 13.1 Å². The predicted molar refractivity (Wildman–Crippen MR) is 102 cm³/mol. The molecule has 3 heterocycles. The second kappa shape index (κ2) is 7.98. The summed E-state index contributed by atoms with van der Waals surface area (Å²) < 4.78 is 28.4. The van der Waals surface area contributed by atoms with E-state index >= 15 is 0 Å². The molecule has 0 spiro atoms. The topological polar surface area (TPSA) is 51.0 Å². The summed E-state index contributed by atoms with van der Waals surface area (Å²) >= 11 is 0. The predicted octanol–water partition coefficient (Wildman–Crippen LogP) is 3.25. The average Bonchev–Trinajstić information content (AvgIpc) is 3.10. The van der Waals surface area contributed by atoms with Gasteiger partial charge in [-0.1, -0.05) is 0 Å². The van der Waals surface area contributed by atoms with Crippen molar-refractivity contribution in [3.05, 3.63) is 82.4 Å². The van der Waals surface area contributed by atoms with Crippen LogP contribution in [0.1, 0.15) is 18.4 Å². The minimum atomic E-state index is -0.576. The normalized spacial score (nSPS) is 17.1. The van der Waals surface area contributed by atoms with Gasteiger partial charge in [-0.25, -0.2) is 13.5 Å². The standard InChI is InChI=1S/C21H20F2N4O/c22-17-9-15(10-18(23)11-17)13-26-8-2-4-19(26)14-27-21(28)6-5-20(25-27)16-3-1-7-24-12-16/h1,3,5-7,9-12,19H,2,4,8,13-14H2. The van der Waals surface area contributed by atoms with Crippen LogP contribution in [0.3, 0.4) is 0 Å². The number of benzene rings is 1. The Morgan fingerprint density at radius 1 is 1.11 bits per heavy atom. The molecule has 0 bridgehead atoms. The summed E-state index contributed by atoms with van der Waals surface area (Å²) in [4.78, 5) is 18.6. The second-order valence-electron chi connectivity index (χ2n) is 7.02. The molecule has 144 valence electrons. The highest BCUT2D eigenvalue weighted by atomic mass is 19.1. The molecule has 1 aliphatic heterocycles. The molecule has 5 nitrogen and oxygen atoms in total. The van der Waals surface area contributed by atoms with Crippen molar-refractivity contribution in [2.24, 2.45) is 0 Å². The van der Waals surface area contributed by atoms with Gasteiger partial charge in [-0.05, 0) is 55.3 Å². The zero-order chi connectivity index (χ0) is 19.5. The molecular weight excluding hydrogens is 362 g/mol. The van der Waals surface area contributed by atoms with Crippen LogP contribution in [0.2, 0.25) is 0 Å². The van der Waals surface area contributed by atoms with E-state index in [0.717, 1.165) is 31.0 Å². The maximum absolute atomic E-state index is 13.5. The molecule has 2 aromatic heterocycles. The number of nitrogens with zero attached hydrogens (tertiary/aromatic N) is 4. The van der Waals surface area contributed by atoms with Crippen LogP contribution in [0.4, 0.5) is 8.78 Å². The fraction of sp³-hybridized carbons (Fsp3) is 0.286. The van der Waals surface area contributed by atoms with Crippen LogP contribution in [0.15, 0.2) is 59.7 Å². The lowest BCUT2D eigenvalue weighted by atomic mass is 10.1. The molecule has 0 N–H and O–H groups in total. The molecule has 1 fully saturated rings. The van der Waals surface area contributed by atoms with E-state index in [1.54, 1.807) is 18.5 Å². The van der Waals surface area contributed by atoms with Crippen molar-refractivity contribution in [3.8, 4) is 11.3 Å². The van der Waals surface area contributed by atoms with Gasteiger partial charge < -0.3 is 0 Å². The third-order valence-corrected chi connectivity index (χ3v) is 5.01. The number of hydrogen-bond donors (Lipinski definition) is 0. The quantitative estimate of drug-likeness (QED) is 0.680. The van der Waals surface area contributed by atoms with Crippen LogP contribution in [0.5, 0.6) is 0 Å². The fourth-order valence-corrected chi connectivity index (χ4v) is 3.69. The van der Waals surface area contributed by atoms with Crippen molar-refractivity contribution in [2.45, 2.75) is 32.0 Å². The van der Waals surface area contributed by atoms with Gasteiger partial charge in [0.2, 0.25) is 0 Å². The Bertz CT molecular complexity index is 1000. The Labute approximate surface area is 161 Å². The summed E-state index contributed by atoms with van der Waals surface area (Å²) in [5, 5.41) is 4.49. The first-order chi connectivity index (χ1) is 13.6. The SMILES string of the molecule is O=c1ccc(-c2cccnc2)nn1CC1CCCN1Cc1cc(F)cc(F)c1. The van der Waals surface area contributed by atoms with Gasteiger partial charge in [-0.3, -0.25) is 14.7 Å². The lowest BCUT2D eigenvalue weighted by Crippen LogP contribution is -2.36. The van der Waals surface area contributed by atoms with Gasteiger partial charge in [-0.2, -0.15) is 5.10 Å². The fourth-order valence-electron chi connectivity index (χ4n) is 3.69. The van der Waals surface area contributed by atoms with Crippen molar-refractivity contribution in [2.75, 3.05) is 6.54 Å². The molecule has 3 aromatic rings. The van der Waals surface area contributed by atoms with E-state index in [1.165, 1.54) is 22.9 Å². The van der Waals surface area contributed by atoms with E-state index in [2.05, 4.69) is 15.0 Å². The van der Waals surface area contributed by atoms with Gasteiger partial charge in [0.05, 0.1) is 12.2 Å². The first-order valence-corrected chi connectivity index (χ1v) is 9.26. The lowest BCUT2D eigenvalue weighted by molar-refractivity contribution is 0.216. The molecule has 1 unspecified atom stereocenters. The molecule has 0 aliphatic carbocycles. The van der Waals surface area contributed by atoms with Crippen molar-refractivity contribution in [3.63, 3.8) is 0 Å². The van der Waals surface area contributed by atoms with E-state index in [9.17, 15) is 13.6 Å². The highest BCUT2D eigenvalue weighted by molar-refractivity contribution is 5.56. The van der Waals surface area contributed by atoms with E-state index in [1.807, 2.05) is 12.1 Å². The monoisotopic (exact) mass is 382 g/mol. The molecule has 0 saturated carbocycles. The minimum absolute atomic E-state index is 0.0840. The largest absolute Gasteiger partial charge is 0.294 e. The van der Waals surface area contributed by atoms with E-state index in [-0.39, 0.29) is 11.6 Å². The van der Waals surface area contributed by atoms with Crippen molar-refractivity contribution < 1.29 is 8.78 Å². The van der Waals surface area contributed by atoms with Crippen molar-refractivity contribution in [1.29, 1.82) is 0 Å². The maximum atomic E-state index is 13.5.